The number of hydrogen-bond donors (Lipinski definition) is 1. The Balaban J connectivity index is 1.97. The molecule has 4 rings (SSSR count). The number of phenols is 1. The average Bonchev–Trinajstić information content (AvgIpc) is 3.29. The standard InChI is InChI=1S/C25H21N3O6/c1-32-20-12-10-16(14-26-20)15-9-11-19(29)18(13-15)22-21(24(30)33-2)23(25(31)34-3)28(27-22)17-7-5-4-6-8-17/h4-14,29H,1-3H3. The number of pyridine rings is 1. The number of hydrogen-bond acceptors (Lipinski definition) is 8. The van der Waals surface area contributed by atoms with Gasteiger partial charge in [0.05, 0.1) is 27.0 Å². The summed E-state index contributed by atoms with van der Waals surface area (Å²) in [6.45, 7) is 0. The van der Waals surface area contributed by atoms with Crippen LogP contribution in [-0.2, 0) is 9.47 Å². The minimum absolute atomic E-state index is 0.0666. The van der Waals surface area contributed by atoms with Gasteiger partial charge in [-0.3, -0.25) is 0 Å². The molecule has 0 unspecified atom stereocenters. The fraction of sp³-hybridized carbons (Fsp3) is 0.120. The number of ether oxygens (including phenoxy) is 3. The van der Waals surface area contributed by atoms with Crippen LogP contribution < -0.4 is 4.74 Å². The van der Waals surface area contributed by atoms with Crippen LogP contribution in [0.5, 0.6) is 11.6 Å². The topological polar surface area (TPSA) is 113 Å². The smallest absolute Gasteiger partial charge is 0.357 e. The lowest BCUT2D eigenvalue weighted by Crippen LogP contribution is -2.15. The van der Waals surface area contributed by atoms with Crippen molar-refractivity contribution >= 4 is 11.9 Å². The normalized spacial score (nSPS) is 10.6. The Morgan fingerprint density at radius 2 is 1.59 bits per heavy atom. The van der Waals surface area contributed by atoms with E-state index < -0.39 is 11.9 Å². The number of carbonyl (C=O) groups is 2. The van der Waals surface area contributed by atoms with Gasteiger partial charge in [0.2, 0.25) is 5.88 Å². The lowest BCUT2D eigenvalue weighted by atomic mass is 9.99. The molecule has 9 heteroatoms. The number of aromatic hydroxyl groups is 1. The summed E-state index contributed by atoms with van der Waals surface area (Å²) in [7, 11) is 3.93. The Bertz CT molecular complexity index is 1350. The summed E-state index contributed by atoms with van der Waals surface area (Å²) in [6, 6.07) is 17.2. The van der Waals surface area contributed by atoms with E-state index in [4.69, 9.17) is 14.2 Å². The number of para-hydroxylation sites is 1. The number of rotatable bonds is 6. The first-order valence-corrected chi connectivity index (χ1v) is 10.2. The maximum absolute atomic E-state index is 12.8. The minimum Gasteiger partial charge on any atom is -0.507 e. The second kappa shape index (κ2) is 9.45. The highest BCUT2D eigenvalue weighted by atomic mass is 16.5. The van der Waals surface area contributed by atoms with Crippen molar-refractivity contribution in [2.24, 2.45) is 0 Å². The molecule has 2 aromatic carbocycles. The summed E-state index contributed by atoms with van der Waals surface area (Å²) >= 11 is 0. The number of benzene rings is 2. The molecule has 0 aliphatic carbocycles. The molecule has 0 fully saturated rings. The molecule has 0 radical (unpaired) electrons. The number of aromatic nitrogens is 3. The number of esters is 2. The number of methoxy groups -OCH3 is 3. The SMILES string of the molecule is COC(=O)c1c(-c2cc(-c3ccc(OC)nc3)ccc2O)nn(-c2ccccc2)c1C(=O)OC. The molecule has 4 aromatic rings. The van der Waals surface area contributed by atoms with Gasteiger partial charge in [0, 0.05) is 23.4 Å². The molecule has 1 N–H and O–H groups in total. The zero-order valence-electron chi connectivity index (χ0n) is 18.7. The molecule has 0 spiro atoms. The maximum atomic E-state index is 12.8. The average molecular weight is 459 g/mol. The summed E-state index contributed by atoms with van der Waals surface area (Å²) in [6.07, 6.45) is 1.62. The molecule has 0 saturated carbocycles. The summed E-state index contributed by atoms with van der Waals surface area (Å²) in [4.78, 5) is 29.8. The first kappa shape index (κ1) is 22.5. The van der Waals surface area contributed by atoms with Crippen LogP contribution in [0.25, 0.3) is 28.1 Å². The van der Waals surface area contributed by atoms with Gasteiger partial charge in [-0.1, -0.05) is 24.3 Å². The summed E-state index contributed by atoms with van der Waals surface area (Å²) < 4.78 is 16.3. The summed E-state index contributed by atoms with van der Waals surface area (Å²) in [5.41, 5.74) is 2.02. The van der Waals surface area contributed by atoms with E-state index in [0.29, 0.717) is 17.1 Å². The Hall–Kier alpha value is -4.66. The van der Waals surface area contributed by atoms with E-state index in [1.807, 2.05) is 12.1 Å². The van der Waals surface area contributed by atoms with Gasteiger partial charge in [-0.15, -0.1) is 0 Å². The zero-order chi connectivity index (χ0) is 24.2. The lowest BCUT2D eigenvalue weighted by molar-refractivity contribution is 0.0549. The van der Waals surface area contributed by atoms with Gasteiger partial charge in [0.15, 0.2) is 5.69 Å². The Morgan fingerprint density at radius 1 is 0.882 bits per heavy atom. The van der Waals surface area contributed by atoms with Crippen molar-refractivity contribution in [3.63, 3.8) is 0 Å². The number of nitrogens with zero attached hydrogens (tertiary/aromatic N) is 3. The molecule has 0 aliphatic rings. The van der Waals surface area contributed by atoms with Crippen LogP contribution in [0.1, 0.15) is 20.8 Å². The first-order valence-electron chi connectivity index (χ1n) is 10.2. The van der Waals surface area contributed by atoms with Crippen LogP contribution in [-0.4, -0.2) is 53.1 Å². The van der Waals surface area contributed by atoms with Gasteiger partial charge in [0.1, 0.15) is 17.0 Å². The van der Waals surface area contributed by atoms with Crippen molar-refractivity contribution < 1.29 is 28.9 Å². The highest BCUT2D eigenvalue weighted by Crippen LogP contribution is 2.37. The van der Waals surface area contributed by atoms with E-state index >= 15 is 0 Å². The fourth-order valence-corrected chi connectivity index (χ4v) is 3.52. The van der Waals surface area contributed by atoms with Crippen LogP contribution in [0.2, 0.25) is 0 Å². The lowest BCUT2D eigenvalue weighted by Gasteiger charge is -2.08. The van der Waals surface area contributed by atoms with Crippen LogP contribution in [0.3, 0.4) is 0 Å². The van der Waals surface area contributed by atoms with Gasteiger partial charge in [0.25, 0.3) is 0 Å². The quantitative estimate of drug-likeness (QED) is 0.432. The molecule has 9 nitrogen and oxygen atoms in total. The summed E-state index contributed by atoms with van der Waals surface area (Å²) in [5, 5.41) is 15.2. The Labute approximate surface area is 195 Å². The highest BCUT2D eigenvalue weighted by Gasteiger charge is 2.32. The molecule has 172 valence electrons. The van der Waals surface area contributed by atoms with Crippen molar-refractivity contribution in [3.8, 4) is 39.7 Å². The van der Waals surface area contributed by atoms with Crippen LogP contribution in [0.4, 0.5) is 0 Å². The molecule has 0 aliphatic heterocycles. The Kier molecular flexibility index (Phi) is 6.26. The van der Waals surface area contributed by atoms with Gasteiger partial charge < -0.3 is 19.3 Å². The van der Waals surface area contributed by atoms with E-state index in [9.17, 15) is 14.7 Å². The molecular formula is C25H21N3O6. The van der Waals surface area contributed by atoms with Crippen LogP contribution in [0, 0.1) is 0 Å². The number of phenolic OH excluding ortho intramolecular Hbond substituents is 1. The minimum atomic E-state index is -0.798. The maximum Gasteiger partial charge on any atom is 0.357 e. The zero-order valence-corrected chi connectivity index (χ0v) is 18.7. The molecule has 0 saturated heterocycles. The second-order valence-corrected chi connectivity index (χ2v) is 7.12. The number of carbonyl (C=O) groups excluding carboxylic acids is 2. The predicted molar refractivity (Wildman–Crippen MR) is 123 cm³/mol. The van der Waals surface area contributed by atoms with Gasteiger partial charge in [-0.05, 0) is 35.9 Å². The molecule has 2 heterocycles. The van der Waals surface area contributed by atoms with Crippen LogP contribution in [0.15, 0.2) is 66.9 Å². The monoisotopic (exact) mass is 459 g/mol. The van der Waals surface area contributed by atoms with Crippen LogP contribution >= 0.6 is 0 Å². The highest BCUT2D eigenvalue weighted by molar-refractivity contribution is 6.07. The van der Waals surface area contributed by atoms with Crippen molar-refractivity contribution in [1.82, 2.24) is 14.8 Å². The third-order valence-electron chi connectivity index (χ3n) is 5.18. The van der Waals surface area contributed by atoms with E-state index in [2.05, 4.69) is 10.1 Å². The molecule has 0 amide bonds. The Morgan fingerprint density at radius 3 is 2.21 bits per heavy atom. The molecule has 2 aromatic heterocycles. The van der Waals surface area contributed by atoms with Crippen molar-refractivity contribution in [2.45, 2.75) is 0 Å². The van der Waals surface area contributed by atoms with E-state index in [-0.39, 0.29) is 28.3 Å². The molecular weight excluding hydrogens is 438 g/mol. The molecule has 0 bridgehead atoms. The predicted octanol–water partition coefficient (Wildman–Crippen LogP) is 3.89. The first-order chi connectivity index (χ1) is 16.5. The third-order valence-corrected chi connectivity index (χ3v) is 5.18. The van der Waals surface area contributed by atoms with Crippen molar-refractivity contribution in [2.75, 3.05) is 21.3 Å². The van der Waals surface area contributed by atoms with Crippen molar-refractivity contribution in [1.29, 1.82) is 0 Å². The van der Waals surface area contributed by atoms with E-state index in [1.54, 1.807) is 48.7 Å². The third kappa shape index (κ3) is 4.06. The fourth-order valence-electron chi connectivity index (χ4n) is 3.52. The summed E-state index contributed by atoms with van der Waals surface area (Å²) in [5.74, 6) is -1.25. The molecule has 0 atom stereocenters. The second-order valence-electron chi connectivity index (χ2n) is 7.12. The largest absolute Gasteiger partial charge is 0.507 e. The molecule has 34 heavy (non-hydrogen) atoms. The van der Waals surface area contributed by atoms with E-state index in [0.717, 1.165) is 5.56 Å². The van der Waals surface area contributed by atoms with Gasteiger partial charge in [-0.2, -0.15) is 5.10 Å². The van der Waals surface area contributed by atoms with E-state index in [1.165, 1.54) is 32.1 Å². The van der Waals surface area contributed by atoms with Gasteiger partial charge >= 0.3 is 11.9 Å². The van der Waals surface area contributed by atoms with Gasteiger partial charge in [-0.25, -0.2) is 19.3 Å². The van der Waals surface area contributed by atoms with Crippen molar-refractivity contribution in [3.05, 3.63) is 78.1 Å².